The summed E-state index contributed by atoms with van der Waals surface area (Å²) in [5.41, 5.74) is 0. The molecule has 0 aromatic heterocycles. The highest BCUT2D eigenvalue weighted by Crippen LogP contribution is 2.16. The fourth-order valence-electron chi connectivity index (χ4n) is 2.16. The Hall–Kier alpha value is -0.0400. The van der Waals surface area contributed by atoms with Gasteiger partial charge in [0.05, 0.1) is 0 Å². The first-order valence-electron chi connectivity index (χ1n) is 5.59. The van der Waals surface area contributed by atoms with Crippen molar-refractivity contribution in [3.63, 3.8) is 0 Å². The van der Waals surface area contributed by atoms with Crippen LogP contribution in [0.25, 0.3) is 0 Å². The van der Waals surface area contributed by atoms with E-state index in [2.05, 4.69) is 18.7 Å². The highest BCUT2D eigenvalue weighted by molar-refractivity contribution is 4.69. The molecule has 1 saturated heterocycles. The summed E-state index contributed by atoms with van der Waals surface area (Å²) in [6, 6.07) is 0. The fraction of sp³-hybridized carbons (Fsp3) is 1.00. The van der Waals surface area contributed by atoms with Crippen molar-refractivity contribution < 1.29 is 0 Å². The van der Waals surface area contributed by atoms with Gasteiger partial charge in [0.2, 0.25) is 0 Å². The molecule has 0 amide bonds. The molecule has 0 saturated carbocycles. The molecule has 0 aromatic carbocycles. The second-order valence-corrected chi connectivity index (χ2v) is 4.07. The van der Waals surface area contributed by atoms with Gasteiger partial charge in [-0.2, -0.15) is 0 Å². The molecule has 1 aliphatic rings. The van der Waals surface area contributed by atoms with Gasteiger partial charge in [-0.05, 0) is 38.3 Å². The monoisotopic (exact) mass is 169 g/mol. The average molecular weight is 169 g/mol. The minimum absolute atomic E-state index is 0.966. The van der Waals surface area contributed by atoms with E-state index in [4.69, 9.17) is 0 Å². The molecule has 1 unspecified atom stereocenters. The zero-order chi connectivity index (χ0) is 8.81. The van der Waals surface area contributed by atoms with Gasteiger partial charge in [-0.3, -0.25) is 0 Å². The lowest BCUT2D eigenvalue weighted by molar-refractivity contribution is 0.263. The van der Waals surface area contributed by atoms with Gasteiger partial charge in [-0.1, -0.05) is 26.7 Å². The first-order chi connectivity index (χ1) is 5.86. The molecule has 1 heterocycles. The van der Waals surface area contributed by atoms with E-state index in [1.807, 2.05) is 0 Å². The number of hydrogen-bond donors (Lipinski definition) is 0. The Morgan fingerprint density at radius 3 is 2.33 bits per heavy atom. The Kier molecular flexibility index (Phi) is 4.67. The Morgan fingerprint density at radius 2 is 1.83 bits per heavy atom. The van der Waals surface area contributed by atoms with Crippen LogP contribution in [0.3, 0.4) is 0 Å². The van der Waals surface area contributed by atoms with Crippen molar-refractivity contribution in [3.05, 3.63) is 0 Å². The van der Waals surface area contributed by atoms with Crippen LogP contribution >= 0.6 is 0 Å². The van der Waals surface area contributed by atoms with Crippen LogP contribution in [0.15, 0.2) is 0 Å². The zero-order valence-electron chi connectivity index (χ0n) is 8.68. The molecule has 1 aliphatic heterocycles. The van der Waals surface area contributed by atoms with Crippen LogP contribution in [0.2, 0.25) is 0 Å². The largest absolute Gasteiger partial charge is 0.303 e. The van der Waals surface area contributed by atoms with Gasteiger partial charge in [-0.25, -0.2) is 0 Å². The highest BCUT2D eigenvalue weighted by atomic mass is 15.1. The van der Waals surface area contributed by atoms with E-state index in [1.165, 1.54) is 51.7 Å². The van der Waals surface area contributed by atoms with E-state index in [0.717, 1.165) is 5.92 Å². The summed E-state index contributed by atoms with van der Waals surface area (Å²) >= 11 is 0. The van der Waals surface area contributed by atoms with Gasteiger partial charge in [0, 0.05) is 6.54 Å². The standard InChI is InChI=1S/C11H23N/c1-3-7-11(4-2)10-12-8-5-6-9-12/h11H,3-10H2,1-2H3. The molecular formula is C11H23N. The Bertz CT molecular complexity index is 106. The van der Waals surface area contributed by atoms with Crippen LogP contribution in [-0.2, 0) is 0 Å². The van der Waals surface area contributed by atoms with E-state index >= 15 is 0 Å². The predicted molar refractivity (Wildman–Crippen MR) is 54.4 cm³/mol. The summed E-state index contributed by atoms with van der Waals surface area (Å²) in [5, 5.41) is 0. The summed E-state index contributed by atoms with van der Waals surface area (Å²) < 4.78 is 0. The predicted octanol–water partition coefficient (Wildman–Crippen LogP) is 2.91. The van der Waals surface area contributed by atoms with E-state index in [9.17, 15) is 0 Å². The molecule has 0 aliphatic carbocycles. The van der Waals surface area contributed by atoms with Crippen molar-refractivity contribution in [2.24, 2.45) is 5.92 Å². The third-order valence-electron chi connectivity index (χ3n) is 2.99. The van der Waals surface area contributed by atoms with Crippen molar-refractivity contribution in [2.75, 3.05) is 19.6 Å². The third kappa shape index (κ3) is 3.14. The van der Waals surface area contributed by atoms with Gasteiger partial charge in [0.1, 0.15) is 0 Å². The quantitative estimate of drug-likeness (QED) is 0.611. The van der Waals surface area contributed by atoms with Crippen LogP contribution in [0, 0.1) is 5.92 Å². The molecule has 1 heteroatoms. The minimum Gasteiger partial charge on any atom is -0.303 e. The molecule has 0 bridgehead atoms. The van der Waals surface area contributed by atoms with Crippen LogP contribution in [0.5, 0.6) is 0 Å². The maximum atomic E-state index is 2.64. The summed E-state index contributed by atoms with van der Waals surface area (Å²) in [6.07, 6.45) is 7.01. The molecule has 1 nitrogen and oxygen atoms in total. The summed E-state index contributed by atoms with van der Waals surface area (Å²) in [5.74, 6) is 0.966. The molecule has 0 aromatic rings. The first-order valence-corrected chi connectivity index (χ1v) is 5.59. The van der Waals surface area contributed by atoms with Crippen LogP contribution in [0.1, 0.15) is 46.0 Å². The maximum absolute atomic E-state index is 2.64. The summed E-state index contributed by atoms with van der Waals surface area (Å²) in [6.45, 7) is 8.72. The van der Waals surface area contributed by atoms with E-state index in [0.29, 0.717) is 0 Å². The van der Waals surface area contributed by atoms with Gasteiger partial charge in [0.25, 0.3) is 0 Å². The van der Waals surface area contributed by atoms with E-state index in [-0.39, 0.29) is 0 Å². The molecule has 0 N–H and O–H groups in total. The minimum atomic E-state index is 0.966. The lowest BCUT2D eigenvalue weighted by Gasteiger charge is -2.21. The Morgan fingerprint density at radius 1 is 1.17 bits per heavy atom. The number of likely N-dealkylation sites (tertiary alicyclic amines) is 1. The van der Waals surface area contributed by atoms with Crippen molar-refractivity contribution in [2.45, 2.75) is 46.0 Å². The second-order valence-electron chi connectivity index (χ2n) is 4.07. The number of hydrogen-bond acceptors (Lipinski definition) is 1. The van der Waals surface area contributed by atoms with Crippen LogP contribution in [-0.4, -0.2) is 24.5 Å². The van der Waals surface area contributed by atoms with Crippen molar-refractivity contribution in [3.8, 4) is 0 Å². The highest BCUT2D eigenvalue weighted by Gasteiger charge is 2.15. The van der Waals surface area contributed by atoms with Gasteiger partial charge < -0.3 is 4.90 Å². The third-order valence-corrected chi connectivity index (χ3v) is 2.99. The maximum Gasteiger partial charge on any atom is 0.000955 e. The zero-order valence-corrected chi connectivity index (χ0v) is 8.68. The van der Waals surface area contributed by atoms with Crippen molar-refractivity contribution in [1.82, 2.24) is 4.90 Å². The SMILES string of the molecule is CCCC(CC)CN1CCCC1. The summed E-state index contributed by atoms with van der Waals surface area (Å²) in [7, 11) is 0. The smallest absolute Gasteiger partial charge is 0.000955 e. The molecule has 0 radical (unpaired) electrons. The summed E-state index contributed by atoms with van der Waals surface area (Å²) in [4.78, 5) is 2.64. The second kappa shape index (κ2) is 5.58. The molecule has 1 rings (SSSR count). The lowest BCUT2D eigenvalue weighted by atomic mass is 10.0. The first kappa shape index (κ1) is 10.0. The molecular weight excluding hydrogens is 146 g/mol. The number of nitrogens with zero attached hydrogens (tertiary/aromatic N) is 1. The van der Waals surface area contributed by atoms with Crippen LogP contribution in [0.4, 0.5) is 0 Å². The fourth-order valence-corrected chi connectivity index (χ4v) is 2.16. The molecule has 12 heavy (non-hydrogen) atoms. The number of rotatable bonds is 5. The Labute approximate surface area is 77.1 Å². The topological polar surface area (TPSA) is 3.24 Å². The Balaban J connectivity index is 2.16. The van der Waals surface area contributed by atoms with Crippen molar-refractivity contribution >= 4 is 0 Å². The van der Waals surface area contributed by atoms with E-state index in [1.54, 1.807) is 0 Å². The molecule has 72 valence electrons. The van der Waals surface area contributed by atoms with Gasteiger partial charge in [0.15, 0.2) is 0 Å². The molecule has 1 atom stereocenters. The van der Waals surface area contributed by atoms with Crippen LogP contribution < -0.4 is 0 Å². The van der Waals surface area contributed by atoms with Gasteiger partial charge in [-0.15, -0.1) is 0 Å². The van der Waals surface area contributed by atoms with Gasteiger partial charge >= 0.3 is 0 Å². The molecule has 1 fully saturated rings. The normalized spacial score (nSPS) is 21.5. The lowest BCUT2D eigenvalue weighted by Crippen LogP contribution is -2.26. The van der Waals surface area contributed by atoms with E-state index < -0.39 is 0 Å². The van der Waals surface area contributed by atoms with Crippen molar-refractivity contribution in [1.29, 1.82) is 0 Å². The average Bonchev–Trinajstić information content (AvgIpc) is 2.56. The molecule has 0 spiro atoms.